The van der Waals surface area contributed by atoms with Crippen LogP contribution in [0.2, 0.25) is 0 Å². The number of thiazole rings is 1. The van der Waals surface area contributed by atoms with Crippen LogP contribution in [0.5, 0.6) is 0 Å². The topological polar surface area (TPSA) is 38.9 Å². The van der Waals surface area contributed by atoms with Crippen molar-refractivity contribution in [3.05, 3.63) is 30.0 Å². The lowest BCUT2D eigenvalue weighted by Crippen LogP contribution is -1.99. The number of rotatable bonds is 4. The van der Waals surface area contributed by atoms with E-state index in [1.54, 1.807) is 11.3 Å². The van der Waals surface area contributed by atoms with Crippen LogP contribution in [0.4, 0.5) is 5.13 Å². The monoisotopic (exact) mass is 256 g/mol. The Morgan fingerprint density at radius 3 is 2.56 bits per heavy atom. The van der Waals surface area contributed by atoms with Crippen LogP contribution in [0.3, 0.4) is 0 Å². The highest BCUT2D eigenvalue weighted by molar-refractivity contribution is 7.18. The molecule has 0 atom stereocenters. The van der Waals surface area contributed by atoms with Gasteiger partial charge in [-0.05, 0) is 24.3 Å². The summed E-state index contributed by atoms with van der Waals surface area (Å²) in [5.41, 5.74) is 8.87. The largest absolute Gasteiger partial charge is 0.375 e. The Hall–Kier alpha value is -1.29. The SMILES string of the molecule is [B]c1ccc(-c2sc(N)nc2CCC(C)C)cc1. The van der Waals surface area contributed by atoms with E-state index in [0.717, 1.165) is 29.6 Å². The molecule has 1 heterocycles. The molecule has 4 heteroatoms. The number of anilines is 1. The van der Waals surface area contributed by atoms with E-state index in [2.05, 4.69) is 18.8 Å². The van der Waals surface area contributed by atoms with E-state index in [-0.39, 0.29) is 0 Å². The van der Waals surface area contributed by atoms with Crippen LogP contribution in [0, 0.1) is 5.92 Å². The zero-order valence-corrected chi connectivity index (χ0v) is 11.6. The van der Waals surface area contributed by atoms with Crippen LogP contribution in [0.15, 0.2) is 24.3 Å². The van der Waals surface area contributed by atoms with Crippen molar-refractivity contribution < 1.29 is 0 Å². The first-order chi connectivity index (χ1) is 8.56. The zero-order chi connectivity index (χ0) is 13.1. The summed E-state index contributed by atoms with van der Waals surface area (Å²) in [5, 5.41) is 0.639. The van der Waals surface area contributed by atoms with E-state index in [1.165, 1.54) is 4.88 Å². The van der Waals surface area contributed by atoms with Gasteiger partial charge in [0, 0.05) is 0 Å². The molecular weight excluding hydrogens is 239 g/mol. The number of benzene rings is 1. The van der Waals surface area contributed by atoms with E-state index < -0.39 is 0 Å². The minimum absolute atomic E-state index is 0.639. The normalized spacial score (nSPS) is 11.1. The Labute approximate surface area is 114 Å². The standard InChI is InChI=1S/C14H17BN2S/c1-9(2)3-8-12-13(18-14(16)17-12)10-4-6-11(15)7-5-10/h4-7,9H,3,8H2,1-2H3,(H2,16,17). The fourth-order valence-corrected chi connectivity index (χ4v) is 2.71. The predicted octanol–water partition coefficient (Wildman–Crippen LogP) is 2.77. The summed E-state index contributed by atoms with van der Waals surface area (Å²) in [5.74, 6) is 0.673. The van der Waals surface area contributed by atoms with Crippen LogP contribution >= 0.6 is 11.3 Å². The molecule has 0 saturated heterocycles. The highest BCUT2D eigenvalue weighted by Crippen LogP contribution is 2.32. The minimum Gasteiger partial charge on any atom is -0.375 e. The number of nitrogens with two attached hydrogens (primary N) is 1. The fraction of sp³-hybridized carbons (Fsp3) is 0.357. The molecule has 0 aliphatic rings. The van der Waals surface area contributed by atoms with Crippen LogP contribution in [-0.4, -0.2) is 12.8 Å². The molecule has 1 aromatic carbocycles. The quantitative estimate of drug-likeness (QED) is 0.854. The molecule has 2 rings (SSSR count). The highest BCUT2D eigenvalue weighted by atomic mass is 32.1. The molecule has 0 fully saturated rings. The summed E-state index contributed by atoms with van der Waals surface area (Å²) in [4.78, 5) is 5.62. The minimum atomic E-state index is 0.639. The summed E-state index contributed by atoms with van der Waals surface area (Å²) in [6, 6.07) is 7.89. The van der Waals surface area contributed by atoms with Gasteiger partial charge in [0.25, 0.3) is 0 Å². The van der Waals surface area contributed by atoms with Gasteiger partial charge in [-0.2, -0.15) is 0 Å². The van der Waals surface area contributed by atoms with Gasteiger partial charge in [0.05, 0.1) is 10.6 Å². The molecular formula is C14H17BN2S. The van der Waals surface area contributed by atoms with Crippen molar-refractivity contribution in [2.75, 3.05) is 5.73 Å². The summed E-state index contributed by atoms with van der Waals surface area (Å²) < 4.78 is 0. The third-order valence-corrected chi connectivity index (χ3v) is 3.82. The van der Waals surface area contributed by atoms with Crippen molar-refractivity contribution in [1.29, 1.82) is 0 Å². The second-order valence-electron chi connectivity index (χ2n) is 4.88. The Kier molecular flexibility index (Phi) is 4.07. The van der Waals surface area contributed by atoms with E-state index in [4.69, 9.17) is 13.6 Å². The van der Waals surface area contributed by atoms with E-state index in [1.807, 2.05) is 24.3 Å². The molecule has 2 nitrogen and oxygen atoms in total. The molecule has 92 valence electrons. The Morgan fingerprint density at radius 1 is 1.28 bits per heavy atom. The summed E-state index contributed by atoms with van der Waals surface area (Å²) in [7, 11) is 5.71. The third-order valence-electron chi connectivity index (χ3n) is 2.85. The highest BCUT2D eigenvalue weighted by Gasteiger charge is 2.11. The predicted molar refractivity (Wildman–Crippen MR) is 80.5 cm³/mol. The number of nitrogens with zero attached hydrogens (tertiary/aromatic N) is 1. The number of hydrogen-bond donors (Lipinski definition) is 1. The maximum absolute atomic E-state index is 5.84. The maximum Gasteiger partial charge on any atom is 0.180 e. The maximum atomic E-state index is 5.84. The van der Waals surface area contributed by atoms with Gasteiger partial charge in [0.1, 0.15) is 7.85 Å². The van der Waals surface area contributed by atoms with Crippen molar-refractivity contribution in [2.45, 2.75) is 26.7 Å². The van der Waals surface area contributed by atoms with Crippen molar-refractivity contribution in [3.8, 4) is 10.4 Å². The third kappa shape index (κ3) is 3.13. The molecule has 1 aromatic heterocycles. The van der Waals surface area contributed by atoms with Gasteiger partial charge in [0.15, 0.2) is 5.13 Å². The molecule has 2 radical (unpaired) electrons. The van der Waals surface area contributed by atoms with Crippen molar-refractivity contribution in [3.63, 3.8) is 0 Å². The first-order valence-electron chi connectivity index (χ1n) is 6.17. The average Bonchev–Trinajstić information content (AvgIpc) is 2.69. The van der Waals surface area contributed by atoms with Gasteiger partial charge in [-0.15, -0.1) is 0 Å². The molecule has 2 N–H and O–H groups in total. The number of hydrogen-bond acceptors (Lipinski definition) is 3. The summed E-state index contributed by atoms with van der Waals surface area (Å²) in [6.45, 7) is 4.44. The molecule has 0 amide bonds. The Morgan fingerprint density at radius 2 is 1.94 bits per heavy atom. The van der Waals surface area contributed by atoms with Crippen LogP contribution in [0.25, 0.3) is 10.4 Å². The Bertz CT molecular complexity index is 517. The lowest BCUT2D eigenvalue weighted by Gasteiger charge is -2.05. The van der Waals surface area contributed by atoms with Gasteiger partial charge >= 0.3 is 0 Å². The first kappa shape index (κ1) is 13.2. The van der Waals surface area contributed by atoms with Crippen LogP contribution in [-0.2, 0) is 6.42 Å². The van der Waals surface area contributed by atoms with Crippen molar-refractivity contribution in [1.82, 2.24) is 4.98 Å². The molecule has 0 unspecified atom stereocenters. The molecule has 18 heavy (non-hydrogen) atoms. The van der Waals surface area contributed by atoms with Crippen molar-refractivity contribution >= 4 is 29.8 Å². The molecule has 0 aliphatic heterocycles. The van der Waals surface area contributed by atoms with Crippen LogP contribution in [0.1, 0.15) is 26.0 Å². The smallest absolute Gasteiger partial charge is 0.180 e. The molecule has 0 spiro atoms. The number of nitrogen functional groups attached to an aromatic ring is 1. The Balaban J connectivity index is 2.29. The molecule has 2 aromatic rings. The molecule has 0 saturated carbocycles. The van der Waals surface area contributed by atoms with E-state index >= 15 is 0 Å². The summed E-state index contributed by atoms with van der Waals surface area (Å²) in [6.07, 6.45) is 2.11. The van der Waals surface area contributed by atoms with Crippen LogP contribution < -0.4 is 11.2 Å². The second-order valence-corrected chi connectivity index (χ2v) is 5.91. The van der Waals surface area contributed by atoms with E-state index in [9.17, 15) is 0 Å². The van der Waals surface area contributed by atoms with E-state index in [0.29, 0.717) is 11.0 Å². The second kappa shape index (κ2) is 5.57. The van der Waals surface area contributed by atoms with Gasteiger partial charge in [-0.3, -0.25) is 0 Å². The lowest BCUT2D eigenvalue weighted by atomic mass is 9.94. The summed E-state index contributed by atoms with van der Waals surface area (Å²) >= 11 is 1.55. The zero-order valence-electron chi connectivity index (χ0n) is 10.8. The first-order valence-corrected chi connectivity index (χ1v) is 6.99. The van der Waals surface area contributed by atoms with Gasteiger partial charge in [-0.1, -0.05) is 54.9 Å². The number of aryl methyl sites for hydroxylation is 1. The van der Waals surface area contributed by atoms with Gasteiger partial charge < -0.3 is 5.73 Å². The molecule has 0 aliphatic carbocycles. The van der Waals surface area contributed by atoms with Gasteiger partial charge in [0.2, 0.25) is 0 Å². The van der Waals surface area contributed by atoms with Gasteiger partial charge in [-0.25, -0.2) is 4.98 Å². The van der Waals surface area contributed by atoms with Crippen molar-refractivity contribution in [2.24, 2.45) is 5.92 Å². The lowest BCUT2D eigenvalue weighted by molar-refractivity contribution is 0.583. The number of aromatic nitrogens is 1. The average molecular weight is 256 g/mol. The fourth-order valence-electron chi connectivity index (χ4n) is 1.82. The molecule has 0 bridgehead atoms.